The van der Waals surface area contributed by atoms with Gasteiger partial charge < -0.3 is 15.1 Å². The summed E-state index contributed by atoms with van der Waals surface area (Å²) in [5.74, 6) is -1.19. The average Bonchev–Trinajstić information content (AvgIpc) is 2.85. The van der Waals surface area contributed by atoms with Crippen LogP contribution in [-0.2, 0) is 22.7 Å². The van der Waals surface area contributed by atoms with Gasteiger partial charge in [0, 0.05) is 31.4 Å². The number of nitrogens with one attached hydrogen (secondary N) is 1. The van der Waals surface area contributed by atoms with Crippen LogP contribution in [0.1, 0.15) is 40.1 Å². The number of rotatable bonds is 7. The number of carbonyl (C=O) groups is 3. The zero-order valence-electron chi connectivity index (χ0n) is 18.5. The number of hydrogen-bond donors (Lipinski definition) is 1. The first-order valence-electron chi connectivity index (χ1n) is 10.9. The largest absolute Gasteiger partial charge is 0.346 e. The Morgan fingerprint density at radius 3 is 2.15 bits per heavy atom. The first kappa shape index (κ1) is 22.2. The molecule has 0 aliphatic carbocycles. The highest BCUT2D eigenvalue weighted by atomic mass is 16.2. The molecule has 2 heterocycles. The minimum atomic E-state index is -0.518. The minimum absolute atomic E-state index is 0.107. The van der Waals surface area contributed by atoms with Crippen LogP contribution in [0.4, 0.5) is 0 Å². The number of carbonyl (C=O) groups excluding carboxylic acids is 3. The molecule has 0 unspecified atom stereocenters. The molecule has 0 spiro atoms. The van der Waals surface area contributed by atoms with E-state index in [2.05, 4.69) is 10.3 Å². The molecule has 0 bridgehead atoms. The molecule has 0 saturated carbocycles. The van der Waals surface area contributed by atoms with Crippen LogP contribution in [0, 0.1) is 0 Å². The van der Waals surface area contributed by atoms with E-state index in [1.165, 1.54) is 4.90 Å². The SMILES string of the molecule is C[C@@H](NC(=O)c1ccc(CN2CCN(Cc3ccccn3)C(=O)C2=O)cc1)c1ccccc1. The average molecular weight is 443 g/mol. The van der Waals surface area contributed by atoms with Gasteiger partial charge in [-0.25, -0.2) is 0 Å². The summed E-state index contributed by atoms with van der Waals surface area (Å²) in [6, 6.07) is 22.3. The summed E-state index contributed by atoms with van der Waals surface area (Å²) in [5, 5.41) is 2.99. The number of nitrogens with zero attached hydrogens (tertiary/aromatic N) is 3. The van der Waals surface area contributed by atoms with Crippen molar-refractivity contribution in [1.29, 1.82) is 0 Å². The molecule has 1 aliphatic heterocycles. The van der Waals surface area contributed by atoms with Gasteiger partial charge in [-0.15, -0.1) is 0 Å². The van der Waals surface area contributed by atoms with Crippen LogP contribution in [0.3, 0.4) is 0 Å². The Kier molecular flexibility index (Phi) is 6.78. The maximum atomic E-state index is 12.6. The van der Waals surface area contributed by atoms with Crippen molar-refractivity contribution >= 4 is 17.7 Å². The van der Waals surface area contributed by atoms with Gasteiger partial charge in [-0.2, -0.15) is 0 Å². The van der Waals surface area contributed by atoms with Gasteiger partial charge in [-0.05, 0) is 42.3 Å². The Morgan fingerprint density at radius 2 is 1.52 bits per heavy atom. The summed E-state index contributed by atoms with van der Waals surface area (Å²) >= 11 is 0. The molecule has 3 amide bonds. The van der Waals surface area contributed by atoms with Crippen molar-refractivity contribution in [2.24, 2.45) is 0 Å². The second-order valence-corrected chi connectivity index (χ2v) is 8.08. The van der Waals surface area contributed by atoms with Crippen LogP contribution in [0.5, 0.6) is 0 Å². The number of aromatic nitrogens is 1. The molecule has 1 atom stereocenters. The molecule has 168 valence electrons. The van der Waals surface area contributed by atoms with Crippen molar-refractivity contribution in [3.8, 4) is 0 Å². The maximum Gasteiger partial charge on any atom is 0.312 e. The van der Waals surface area contributed by atoms with E-state index in [1.54, 1.807) is 23.2 Å². The number of hydrogen-bond acceptors (Lipinski definition) is 4. The summed E-state index contributed by atoms with van der Waals surface area (Å²) in [6.45, 7) is 3.50. The van der Waals surface area contributed by atoms with E-state index in [-0.39, 0.29) is 11.9 Å². The predicted molar refractivity (Wildman–Crippen MR) is 124 cm³/mol. The lowest BCUT2D eigenvalue weighted by Gasteiger charge is -2.33. The quantitative estimate of drug-likeness (QED) is 0.571. The van der Waals surface area contributed by atoms with Crippen molar-refractivity contribution in [3.05, 3.63) is 101 Å². The third-order valence-corrected chi connectivity index (χ3v) is 5.71. The van der Waals surface area contributed by atoms with E-state index in [1.807, 2.05) is 67.6 Å². The first-order valence-corrected chi connectivity index (χ1v) is 10.9. The fourth-order valence-electron chi connectivity index (χ4n) is 3.79. The van der Waals surface area contributed by atoms with Gasteiger partial charge in [-0.3, -0.25) is 19.4 Å². The van der Waals surface area contributed by atoms with Gasteiger partial charge >= 0.3 is 11.8 Å². The van der Waals surface area contributed by atoms with Crippen LogP contribution >= 0.6 is 0 Å². The summed E-state index contributed by atoms with van der Waals surface area (Å²) in [5.41, 5.74) is 3.20. The van der Waals surface area contributed by atoms with E-state index in [9.17, 15) is 14.4 Å². The summed E-state index contributed by atoms with van der Waals surface area (Å²) in [4.78, 5) is 45.0. The molecule has 7 nitrogen and oxygen atoms in total. The Balaban J connectivity index is 1.33. The lowest BCUT2D eigenvalue weighted by molar-refractivity contribution is -0.156. The van der Waals surface area contributed by atoms with E-state index < -0.39 is 11.8 Å². The third kappa shape index (κ3) is 5.44. The highest BCUT2D eigenvalue weighted by molar-refractivity contribution is 6.35. The van der Waals surface area contributed by atoms with Gasteiger partial charge in [0.05, 0.1) is 18.3 Å². The Hall–Kier alpha value is -4.00. The van der Waals surface area contributed by atoms with E-state index in [4.69, 9.17) is 0 Å². The number of benzene rings is 2. The summed E-state index contributed by atoms with van der Waals surface area (Å²) in [7, 11) is 0. The molecule has 33 heavy (non-hydrogen) atoms. The lowest BCUT2D eigenvalue weighted by Crippen LogP contribution is -2.53. The smallest absolute Gasteiger partial charge is 0.312 e. The third-order valence-electron chi connectivity index (χ3n) is 5.71. The van der Waals surface area contributed by atoms with Crippen molar-refractivity contribution in [1.82, 2.24) is 20.1 Å². The topological polar surface area (TPSA) is 82.6 Å². The standard InChI is InChI=1S/C26H26N4O3/c1-19(21-7-3-2-4-8-21)28-24(31)22-12-10-20(11-13-22)17-29-15-16-30(26(33)25(29)32)18-23-9-5-6-14-27-23/h2-14,19H,15-18H2,1H3,(H,28,31)/t19-/m1/s1. The number of amides is 3. The van der Waals surface area contributed by atoms with Crippen molar-refractivity contribution in [2.75, 3.05) is 13.1 Å². The molecule has 1 saturated heterocycles. The normalized spacial score (nSPS) is 14.8. The molecule has 1 fully saturated rings. The molecular weight excluding hydrogens is 416 g/mol. The Labute approximate surface area is 193 Å². The maximum absolute atomic E-state index is 12.6. The van der Waals surface area contributed by atoms with Crippen LogP contribution in [-0.4, -0.2) is 45.6 Å². The van der Waals surface area contributed by atoms with Crippen molar-refractivity contribution < 1.29 is 14.4 Å². The molecular formula is C26H26N4O3. The van der Waals surface area contributed by atoms with Crippen LogP contribution in [0.2, 0.25) is 0 Å². The molecule has 1 aliphatic rings. The molecule has 4 rings (SSSR count). The molecule has 3 aromatic rings. The second-order valence-electron chi connectivity index (χ2n) is 8.08. The fourth-order valence-corrected chi connectivity index (χ4v) is 3.79. The zero-order valence-corrected chi connectivity index (χ0v) is 18.5. The van der Waals surface area contributed by atoms with Crippen LogP contribution in [0.25, 0.3) is 0 Å². The van der Waals surface area contributed by atoms with Crippen LogP contribution in [0.15, 0.2) is 79.0 Å². The number of pyridine rings is 1. The van der Waals surface area contributed by atoms with Crippen molar-refractivity contribution in [3.63, 3.8) is 0 Å². The Bertz CT molecular complexity index is 1120. The molecule has 1 aromatic heterocycles. The van der Waals surface area contributed by atoms with Gasteiger partial charge in [0.1, 0.15) is 0 Å². The number of piperazine rings is 1. The minimum Gasteiger partial charge on any atom is -0.346 e. The van der Waals surface area contributed by atoms with Crippen molar-refractivity contribution in [2.45, 2.75) is 26.1 Å². The van der Waals surface area contributed by atoms with Gasteiger partial charge in [0.25, 0.3) is 5.91 Å². The van der Waals surface area contributed by atoms with E-state index in [0.29, 0.717) is 31.7 Å². The van der Waals surface area contributed by atoms with E-state index in [0.717, 1.165) is 16.8 Å². The molecule has 1 N–H and O–H groups in total. The monoisotopic (exact) mass is 442 g/mol. The first-order chi connectivity index (χ1) is 16.0. The molecule has 0 radical (unpaired) electrons. The van der Waals surface area contributed by atoms with E-state index >= 15 is 0 Å². The molecule has 7 heteroatoms. The zero-order chi connectivity index (χ0) is 23.2. The van der Waals surface area contributed by atoms with Gasteiger partial charge in [0.2, 0.25) is 0 Å². The highest BCUT2D eigenvalue weighted by Crippen LogP contribution is 2.15. The summed E-state index contributed by atoms with van der Waals surface area (Å²) in [6.07, 6.45) is 1.67. The highest BCUT2D eigenvalue weighted by Gasteiger charge is 2.32. The lowest BCUT2D eigenvalue weighted by atomic mass is 10.1. The Morgan fingerprint density at radius 1 is 0.879 bits per heavy atom. The van der Waals surface area contributed by atoms with Crippen LogP contribution < -0.4 is 5.32 Å². The molecule has 2 aromatic carbocycles. The second kappa shape index (κ2) is 10.1. The van der Waals surface area contributed by atoms with Gasteiger partial charge in [-0.1, -0.05) is 48.5 Å². The van der Waals surface area contributed by atoms with Gasteiger partial charge in [0.15, 0.2) is 0 Å². The fraction of sp³-hybridized carbons (Fsp3) is 0.231. The summed E-state index contributed by atoms with van der Waals surface area (Å²) < 4.78 is 0. The predicted octanol–water partition coefficient (Wildman–Crippen LogP) is 2.94.